The van der Waals surface area contributed by atoms with E-state index in [4.69, 9.17) is 4.74 Å². The van der Waals surface area contributed by atoms with Gasteiger partial charge in [0.15, 0.2) is 6.61 Å². The van der Waals surface area contributed by atoms with Crippen molar-refractivity contribution in [3.63, 3.8) is 0 Å². The third-order valence-electron chi connectivity index (χ3n) is 2.62. The molecule has 0 radical (unpaired) electrons. The van der Waals surface area contributed by atoms with Gasteiger partial charge in [-0.05, 0) is 37.6 Å². The van der Waals surface area contributed by atoms with Gasteiger partial charge in [0.05, 0.1) is 0 Å². The van der Waals surface area contributed by atoms with E-state index in [1.54, 1.807) is 18.3 Å². The minimum Gasteiger partial charge on any atom is -0.483 e. The van der Waals surface area contributed by atoms with Gasteiger partial charge in [-0.25, -0.2) is 4.98 Å². The maximum atomic E-state index is 11.7. The fourth-order valence-electron chi connectivity index (χ4n) is 1.72. The van der Waals surface area contributed by atoms with Crippen LogP contribution in [-0.4, -0.2) is 17.5 Å². The van der Waals surface area contributed by atoms with Crippen molar-refractivity contribution in [3.8, 4) is 5.75 Å². The Bertz CT molecular complexity index is 568. The molecule has 19 heavy (non-hydrogen) atoms. The second-order valence-electron chi connectivity index (χ2n) is 4.32. The van der Waals surface area contributed by atoms with E-state index >= 15 is 0 Å². The number of carbonyl (C=O) groups is 1. The van der Waals surface area contributed by atoms with Gasteiger partial charge in [-0.1, -0.05) is 23.8 Å². The Kier molecular flexibility index (Phi) is 4.13. The van der Waals surface area contributed by atoms with Crippen molar-refractivity contribution in [1.29, 1.82) is 0 Å². The van der Waals surface area contributed by atoms with Crippen molar-refractivity contribution >= 4 is 11.7 Å². The number of ether oxygens (including phenoxy) is 1. The van der Waals surface area contributed by atoms with Crippen molar-refractivity contribution < 1.29 is 9.53 Å². The highest BCUT2D eigenvalue weighted by Gasteiger charge is 2.05. The number of aromatic nitrogens is 1. The molecule has 0 saturated carbocycles. The van der Waals surface area contributed by atoms with Gasteiger partial charge in [0.2, 0.25) is 0 Å². The highest BCUT2D eigenvalue weighted by Crippen LogP contribution is 2.18. The molecule has 2 aromatic rings. The fraction of sp³-hybridized carbons (Fsp3) is 0.200. The van der Waals surface area contributed by atoms with E-state index in [9.17, 15) is 4.79 Å². The number of anilines is 1. The van der Waals surface area contributed by atoms with Crippen LogP contribution in [0.3, 0.4) is 0 Å². The lowest BCUT2D eigenvalue weighted by molar-refractivity contribution is -0.118. The minimum absolute atomic E-state index is 0.0273. The number of pyridine rings is 1. The first-order valence-corrected chi connectivity index (χ1v) is 6.06. The molecule has 0 bridgehead atoms. The van der Waals surface area contributed by atoms with E-state index in [0.29, 0.717) is 5.82 Å². The Morgan fingerprint density at radius 1 is 1.26 bits per heavy atom. The molecule has 4 heteroatoms. The molecule has 4 nitrogen and oxygen atoms in total. The Balaban J connectivity index is 1.90. The normalized spacial score (nSPS) is 10.0. The Hall–Kier alpha value is -2.36. The molecule has 1 heterocycles. The third-order valence-corrected chi connectivity index (χ3v) is 2.62. The van der Waals surface area contributed by atoms with Crippen molar-refractivity contribution in [1.82, 2.24) is 4.98 Å². The number of rotatable bonds is 4. The van der Waals surface area contributed by atoms with E-state index in [-0.39, 0.29) is 12.5 Å². The zero-order chi connectivity index (χ0) is 13.7. The van der Waals surface area contributed by atoms with Crippen LogP contribution in [0.2, 0.25) is 0 Å². The smallest absolute Gasteiger partial charge is 0.263 e. The van der Waals surface area contributed by atoms with Gasteiger partial charge in [-0.2, -0.15) is 0 Å². The van der Waals surface area contributed by atoms with Crippen LogP contribution in [0.1, 0.15) is 11.1 Å². The zero-order valence-corrected chi connectivity index (χ0v) is 11.0. The number of benzene rings is 1. The summed E-state index contributed by atoms with van der Waals surface area (Å²) >= 11 is 0. The molecule has 0 spiro atoms. The summed E-state index contributed by atoms with van der Waals surface area (Å²) in [5.74, 6) is 1.03. The van der Waals surface area contributed by atoms with E-state index in [2.05, 4.69) is 10.3 Å². The number of hydrogen-bond donors (Lipinski definition) is 1. The first kappa shape index (κ1) is 13.1. The van der Waals surface area contributed by atoms with Crippen molar-refractivity contribution in [3.05, 3.63) is 53.7 Å². The second-order valence-corrected chi connectivity index (χ2v) is 4.32. The highest BCUT2D eigenvalue weighted by atomic mass is 16.5. The lowest BCUT2D eigenvalue weighted by Crippen LogP contribution is -2.20. The van der Waals surface area contributed by atoms with Crippen LogP contribution in [0.4, 0.5) is 5.82 Å². The summed E-state index contributed by atoms with van der Waals surface area (Å²) in [6.07, 6.45) is 1.63. The second kappa shape index (κ2) is 6.00. The summed E-state index contributed by atoms with van der Waals surface area (Å²) < 4.78 is 5.49. The molecule has 0 aliphatic heterocycles. The molecular weight excluding hydrogens is 240 g/mol. The van der Waals surface area contributed by atoms with Crippen molar-refractivity contribution in [2.75, 3.05) is 11.9 Å². The minimum atomic E-state index is -0.223. The molecule has 0 aliphatic rings. The Morgan fingerprint density at radius 3 is 2.79 bits per heavy atom. The predicted octanol–water partition coefficient (Wildman–Crippen LogP) is 2.72. The maximum absolute atomic E-state index is 11.7. The molecule has 1 aromatic carbocycles. The van der Waals surface area contributed by atoms with Crippen molar-refractivity contribution in [2.45, 2.75) is 13.8 Å². The average molecular weight is 256 g/mol. The van der Waals surface area contributed by atoms with E-state index < -0.39 is 0 Å². The fourth-order valence-corrected chi connectivity index (χ4v) is 1.72. The van der Waals surface area contributed by atoms with Crippen LogP contribution in [0.5, 0.6) is 5.75 Å². The monoisotopic (exact) mass is 256 g/mol. The largest absolute Gasteiger partial charge is 0.483 e. The molecule has 1 N–H and O–H groups in total. The van der Waals surface area contributed by atoms with Gasteiger partial charge < -0.3 is 10.1 Å². The van der Waals surface area contributed by atoms with Crippen molar-refractivity contribution in [2.24, 2.45) is 0 Å². The quantitative estimate of drug-likeness (QED) is 0.915. The Morgan fingerprint density at radius 2 is 2.11 bits per heavy atom. The number of carbonyl (C=O) groups excluding carboxylic acids is 1. The van der Waals surface area contributed by atoms with E-state index in [1.807, 2.05) is 38.1 Å². The molecule has 0 unspecified atom stereocenters. The summed E-state index contributed by atoms with van der Waals surface area (Å²) in [6, 6.07) is 11.2. The molecule has 1 amide bonds. The van der Waals surface area contributed by atoms with Crippen LogP contribution in [0.25, 0.3) is 0 Å². The predicted molar refractivity (Wildman–Crippen MR) is 74.3 cm³/mol. The number of nitrogens with zero attached hydrogens (tertiary/aromatic N) is 1. The molecule has 0 atom stereocenters. The molecule has 1 aromatic heterocycles. The lowest BCUT2D eigenvalue weighted by atomic mass is 10.1. The maximum Gasteiger partial charge on any atom is 0.263 e. The third kappa shape index (κ3) is 3.81. The first-order chi connectivity index (χ1) is 9.15. The van der Waals surface area contributed by atoms with Gasteiger partial charge in [-0.3, -0.25) is 4.79 Å². The van der Waals surface area contributed by atoms with Gasteiger partial charge in [-0.15, -0.1) is 0 Å². The number of amides is 1. The summed E-state index contributed by atoms with van der Waals surface area (Å²) in [5.41, 5.74) is 2.19. The van der Waals surface area contributed by atoms with Gasteiger partial charge in [0.1, 0.15) is 11.6 Å². The van der Waals surface area contributed by atoms with Gasteiger partial charge >= 0.3 is 0 Å². The average Bonchev–Trinajstić information content (AvgIpc) is 2.39. The standard InChI is InChI=1S/C15H16N2O2/c1-11-6-7-13(12(2)9-11)19-10-15(18)17-14-5-3-4-8-16-14/h3-9H,10H2,1-2H3,(H,16,17,18). The zero-order valence-electron chi connectivity index (χ0n) is 11.0. The van der Waals surface area contributed by atoms with Gasteiger partial charge in [0.25, 0.3) is 5.91 Å². The summed E-state index contributed by atoms with van der Waals surface area (Å²) in [7, 11) is 0. The molecule has 0 saturated heterocycles. The van der Waals surface area contributed by atoms with Crippen LogP contribution >= 0.6 is 0 Å². The van der Waals surface area contributed by atoms with Crippen LogP contribution in [0, 0.1) is 13.8 Å². The van der Waals surface area contributed by atoms with E-state index in [1.165, 1.54) is 5.56 Å². The van der Waals surface area contributed by atoms with Crippen LogP contribution in [0.15, 0.2) is 42.6 Å². The summed E-state index contributed by atoms with van der Waals surface area (Å²) in [5, 5.41) is 2.67. The highest BCUT2D eigenvalue weighted by molar-refractivity contribution is 5.90. The first-order valence-electron chi connectivity index (χ1n) is 6.06. The van der Waals surface area contributed by atoms with Gasteiger partial charge in [0, 0.05) is 6.20 Å². The molecule has 0 fully saturated rings. The topological polar surface area (TPSA) is 51.2 Å². The number of nitrogens with one attached hydrogen (secondary N) is 1. The molecule has 98 valence electrons. The molecule has 0 aliphatic carbocycles. The summed E-state index contributed by atoms with van der Waals surface area (Å²) in [6.45, 7) is 3.95. The molecule has 2 rings (SSSR count). The van der Waals surface area contributed by atoms with Crippen LogP contribution < -0.4 is 10.1 Å². The summed E-state index contributed by atoms with van der Waals surface area (Å²) in [4.78, 5) is 15.7. The number of hydrogen-bond acceptors (Lipinski definition) is 3. The molecular formula is C15H16N2O2. The SMILES string of the molecule is Cc1ccc(OCC(=O)Nc2ccccn2)c(C)c1. The number of aryl methyl sites for hydroxylation is 2. The Labute approximate surface area is 112 Å². The van der Waals surface area contributed by atoms with Crippen LogP contribution in [-0.2, 0) is 4.79 Å². The lowest BCUT2D eigenvalue weighted by Gasteiger charge is -2.09. The van der Waals surface area contributed by atoms with E-state index in [0.717, 1.165) is 11.3 Å².